The number of carbonyl (C=O) groups is 1. The third kappa shape index (κ3) is 3.89. The summed E-state index contributed by atoms with van der Waals surface area (Å²) in [5.41, 5.74) is -0.832. The number of esters is 1. The number of hydrogen-bond donors (Lipinski definition) is 3. The van der Waals surface area contributed by atoms with Crippen molar-refractivity contribution in [3.8, 4) is 11.5 Å². The van der Waals surface area contributed by atoms with E-state index in [1.54, 1.807) is 0 Å². The van der Waals surface area contributed by atoms with E-state index in [1.165, 1.54) is 0 Å². The second kappa shape index (κ2) is 6.95. The van der Waals surface area contributed by atoms with E-state index in [0.717, 1.165) is 19.2 Å². The number of phenols is 2. The largest absolute Gasteiger partial charge is 0.506 e. The summed E-state index contributed by atoms with van der Waals surface area (Å²) in [7, 11) is -3.43. The highest BCUT2D eigenvalue weighted by Crippen LogP contribution is 2.35. The average molecular weight is 410 g/mol. The van der Waals surface area contributed by atoms with Crippen molar-refractivity contribution in [2.45, 2.75) is 4.90 Å². The molecule has 0 saturated carbocycles. The van der Waals surface area contributed by atoms with Gasteiger partial charge in [-0.15, -0.1) is 0 Å². The van der Waals surface area contributed by atoms with E-state index in [2.05, 4.69) is 4.74 Å². The highest BCUT2D eigenvalue weighted by atomic mass is 35.5. The highest BCUT2D eigenvalue weighted by Gasteiger charge is 2.25. The lowest BCUT2D eigenvalue weighted by molar-refractivity contribution is 0.0597. The first kappa shape index (κ1) is 19.1. The van der Waals surface area contributed by atoms with E-state index < -0.39 is 48.9 Å². The van der Waals surface area contributed by atoms with Crippen molar-refractivity contribution in [3.63, 3.8) is 0 Å². The molecule has 25 heavy (non-hydrogen) atoms. The van der Waals surface area contributed by atoms with Crippen LogP contribution in [-0.2, 0) is 14.8 Å². The Hall–Kier alpha value is -2.23. The SMILES string of the molecule is COC(=O)c1cc(Cl)cc(NS(=O)(=O)c2cc(Cl)c(F)cc2O)c1O. The van der Waals surface area contributed by atoms with Crippen LogP contribution in [-0.4, -0.2) is 31.7 Å². The summed E-state index contributed by atoms with van der Waals surface area (Å²) in [5.74, 6) is -3.61. The Kier molecular flexibility index (Phi) is 5.31. The molecule has 0 heterocycles. The van der Waals surface area contributed by atoms with Gasteiger partial charge in [-0.05, 0) is 18.2 Å². The Balaban J connectivity index is 2.54. The number of phenolic OH excluding ortho intramolecular Hbond substituents is 2. The molecule has 0 aliphatic heterocycles. The van der Waals surface area contributed by atoms with Crippen molar-refractivity contribution >= 4 is 44.9 Å². The number of halogens is 3. The number of ether oxygens (including phenoxy) is 1. The Morgan fingerprint density at radius 1 is 1.20 bits per heavy atom. The first-order valence-electron chi connectivity index (χ1n) is 6.38. The van der Waals surface area contributed by atoms with Gasteiger partial charge in [0, 0.05) is 11.1 Å². The van der Waals surface area contributed by atoms with Crippen LogP contribution in [0.5, 0.6) is 11.5 Å². The van der Waals surface area contributed by atoms with Crippen LogP contribution in [0.2, 0.25) is 10.0 Å². The molecule has 0 amide bonds. The van der Waals surface area contributed by atoms with Crippen LogP contribution in [0.3, 0.4) is 0 Å². The fraction of sp³-hybridized carbons (Fsp3) is 0.0714. The molecular weight excluding hydrogens is 400 g/mol. The van der Waals surface area contributed by atoms with Gasteiger partial charge in [-0.2, -0.15) is 0 Å². The minimum atomic E-state index is -4.49. The predicted octanol–water partition coefficient (Wildman–Crippen LogP) is 3.13. The van der Waals surface area contributed by atoms with Crippen molar-refractivity contribution in [2.75, 3.05) is 11.8 Å². The van der Waals surface area contributed by atoms with E-state index in [9.17, 15) is 27.8 Å². The van der Waals surface area contributed by atoms with Gasteiger partial charge in [-0.3, -0.25) is 4.72 Å². The van der Waals surface area contributed by atoms with E-state index in [0.29, 0.717) is 12.1 Å². The molecule has 0 radical (unpaired) electrons. The van der Waals surface area contributed by atoms with Gasteiger partial charge in [-0.1, -0.05) is 23.2 Å². The molecule has 0 aromatic heterocycles. The standard InChI is InChI=1S/C14H10Cl2FNO6S/c1-24-14(21)7-2-6(15)3-10(13(7)20)18-25(22,23)12-4-8(16)9(17)5-11(12)19/h2-5,18-20H,1H3. The van der Waals surface area contributed by atoms with Gasteiger partial charge >= 0.3 is 5.97 Å². The van der Waals surface area contributed by atoms with Crippen molar-refractivity contribution in [2.24, 2.45) is 0 Å². The molecule has 11 heteroatoms. The fourth-order valence-corrected chi connectivity index (χ4v) is 3.48. The minimum absolute atomic E-state index is 0.0720. The first-order valence-corrected chi connectivity index (χ1v) is 8.62. The smallest absolute Gasteiger partial charge is 0.341 e. The molecule has 0 spiro atoms. The second-order valence-electron chi connectivity index (χ2n) is 4.68. The van der Waals surface area contributed by atoms with Crippen molar-refractivity contribution in [3.05, 3.63) is 45.7 Å². The number of hydrogen-bond acceptors (Lipinski definition) is 6. The van der Waals surface area contributed by atoms with Gasteiger partial charge in [0.15, 0.2) is 5.75 Å². The molecule has 0 bridgehead atoms. The van der Waals surface area contributed by atoms with Crippen LogP contribution in [0.25, 0.3) is 0 Å². The summed E-state index contributed by atoms with van der Waals surface area (Å²) in [5, 5.41) is 19.1. The normalized spacial score (nSPS) is 11.2. The zero-order valence-corrected chi connectivity index (χ0v) is 14.7. The molecule has 2 rings (SSSR count). The summed E-state index contributed by atoms with van der Waals surface area (Å²) in [6.45, 7) is 0. The molecule has 0 aliphatic carbocycles. The zero-order valence-electron chi connectivity index (χ0n) is 12.4. The van der Waals surface area contributed by atoms with E-state index in [4.69, 9.17) is 23.2 Å². The van der Waals surface area contributed by atoms with Crippen molar-refractivity contribution < 1.29 is 32.6 Å². The number of anilines is 1. The second-order valence-corrected chi connectivity index (χ2v) is 7.18. The number of benzene rings is 2. The molecule has 2 aromatic rings. The molecule has 0 unspecified atom stereocenters. The maximum Gasteiger partial charge on any atom is 0.341 e. The zero-order chi connectivity index (χ0) is 18.9. The number of sulfonamides is 1. The van der Waals surface area contributed by atoms with E-state index >= 15 is 0 Å². The molecule has 134 valence electrons. The van der Waals surface area contributed by atoms with Crippen LogP contribution in [0.4, 0.5) is 10.1 Å². The van der Waals surface area contributed by atoms with E-state index in [-0.39, 0.29) is 10.6 Å². The van der Waals surface area contributed by atoms with Crippen LogP contribution in [0.1, 0.15) is 10.4 Å². The predicted molar refractivity (Wildman–Crippen MR) is 88.3 cm³/mol. The van der Waals surface area contributed by atoms with Gasteiger partial charge in [0.05, 0.1) is 17.8 Å². The lowest BCUT2D eigenvalue weighted by Gasteiger charge is -2.13. The van der Waals surface area contributed by atoms with E-state index in [1.807, 2.05) is 4.72 Å². The lowest BCUT2D eigenvalue weighted by Crippen LogP contribution is -2.14. The third-order valence-corrected chi connectivity index (χ3v) is 4.92. The van der Waals surface area contributed by atoms with Crippen LogP contribution in [0.15, 0.2) is 29.2 Å². The van der Waals surface area contributed by atoms with Gasteiger partial charge in [0.25, 0.3) is 10.0 Å². The third-order valence-electron chi connectivity index (χ3n) is 3.02. The average Bonchev–Trinajstić information content (AvgIpc) is 2.52. The molecule has 0 fully saturated rings. The molecule has 0 saturated heterocycles. The van der Waals surface area contributed by atoms with Crippen LogP contribution >= 0.6 is 23.2 Å². The molecule has 3 N–H and O–H groups in total. The highest BCUT2D eigenvalue weighted by molar-refractivity contribution is 7.92. The maximum atomic E-state index is 13.3. The Labute approximate surface area is 151 Å². The first-order chi connectivity index (χ1) is 11.6. The van der Waals surface area contributed by atoms with Crippen LogP contribution in [0, 0.1) is 5.82 Å². The summed E-state index contributed by atoms with van der Waals surface area (Å²) in [4.78, 5) is 10.9. The molecule has 2 aromatic carbocycles. The topological polar surface area (TPSA) is 113 Å². The summed E-state index contributed by atoms with van der Waals surface area (Å²) >= 11 is 11.3. The minimum Gasteiger partial charge on any atom is -0.506 e. The fourth-order valence-electron chi connectivity index (χ4n) is 1.88. The van der Waals surface area contributed by atoms with Gasteiger partial charge in [0.2, 0.25) is 0 Å². The Morgan fingerprint density at radius 3 is 2.44 bits per heavy atom. The number of methoxy groups -OCH3 is 1. The summed E-state index contributed by atoms with van der Waals surface area (Å²) < 4.78 is 44.4. The molecule has 7 nitrogen and oxygen atoms in total. The Morgan fingerprint density at radius 2 is 1.84 bits per heavy atom. The van der Waals surface area contributed by atoms with Gasteiger partial charge < -0.3 is 14.9 Å². The maximum absolute atomic E-state index is 13.3. The van der Waals surface area contributed by atoms with Crippen molar-refractivity contribution in [1.82, 2.24) is 0 Å². The molecule has 0 aliphatic rings. The van der Waals surface area contributed by atoms with Gasteiger partial charge in [0.1, 0.15) is 22.0 Å². The number of carbonyl (C=O) groups excluding carboxylic acids is 1. The van der Waals surface area contributed by atoms with Crippen LogP contribution < -0.4 is 4.72 Å². The number of nitrogens with one attached hydrogen (secondary N) is 1. The Bertz CT molecular complexity index is 964. The van der Waals surface area contributed by atoms with Gasteiger partial charge in [-0.25, -0.2) is 17.6 Å². The number of rotatable bonds is 4. The quantitative estimate of drug-likeness (QED) is 0.527. The summed E-state index contributed by atoms with van der Waals surface area (Å²) in [6.07, 6.45) is 0. The summed E-state index contributed by atoms with van der Waals surface area (Å²) in [6, 6.07) is 3.32. The lowest BCUT2D eigenvalue weighted by atomic mass is 10.2. The monoisotopic (exact) mass is 409 g/mol. The molecular formula is C14H10Cl2FNO6S. The number of aromatic hydroxyl groups is 2. The van der Waals surface area contributed by atoms with Crippen molar-refractivity contribution in [1.29, 1.82) is 0 Å². The molecule has 0 atom stereocenters.